The van der Waals surface area contributed by atoms with Crippen LogP contribution in [0.1, 0.15) is 12.0 Å². The molecule has 2 nitrogen and oxygen atoms in total. The van der Waals surface area contributed by atoms with E-state index in [0.717, 1.165) is 0 Å². The van der Waals surface area contributed by atoms with Crippen LogP contribution in [0.5, 0.6) is 0 Å². The second kappa shape index (κ2) is 5.77. The fourth-order valence-electron chi connectivity index (χ4n) is 1.32. The van der Waals surface area contributed by atoms with Crippen LogP contribution in [0.3, 0.4) is 0 Å². The summed E-state index contributed by atoms with van der Waals surface area (Å²) in [5.74, 6) is -0.724. The Hall–Kier alpha value is -1.19. The molecule has 0 fully saturated rings. The smallest absolute Gasteiger partial charge is 0.154 e. The van der Waals surface area contributed by atoms with Crippen LogP contribution in [0, 0.1) is 5.82 Å². The third-order valence-electron chi connectivity index (χ3n) is 2.25. The molecule has 1 atom stereocenters. The Labute approximate surface area is 98.9 Å². The van der Waals surface area contributed by atoms with Crippen molar-refractivity contribution in [3.05, 3.63) is 47.3 Å². The molecule has 4 heteroatoms. The summed E-state index contributed by atoms with van der Waals surface area (Å²) < 4.78 is 13.4. The van der Waals surface area contributed by atoms with Gasteiger partial charge < -0.3 is 5.73 Å². The molecule has 0 aromatic heterocycles. The fraction of sp³-hybridized carbons (Fsp3) is 0.250. The van der Waals surface area contributed by atoms with Crippen molar-refractivity contribution in [1.82, 2.24) is 0 Å². The molecule has 1 aromatic carbocycles. The molecule has 0 aliphatic heterocycles. The molecule has 86 valence electrons. The molecule has 0 saturated carbocycles. The minimum atomic E-state index is -0.645. The van der Waals surface area contributed by atoms with Crippen LogP contribution < -0.4 is 5.73 Å². The van der Waals surface area contributed by atoms with E-state index in [4.69, 9.17) is 17.3 Å². The average molecular weight is 242 g/mol. The number of hydrogen-bond acceptors (Lipinski definition) is 2. The lowest BCUT2D eigenvalue weighted by atomic mass is 10.0. The molecular weight excluding hydrogens is 229 g/mol. The van der Waals surface area contributed by atoms with Crippen molar-refractivity contribution >= 4 is 17.4 Å². The van der Waals surface area contributed by atoms with Crippen LogP contribution in [0.4, 0.5) is 4.39 Å². The van der Waals surface area contributed by atoms with Crippen molar-refractivity contribution < 1.29 is 9.18 Å². The first kappa shape index (κ1) is 12.9. The predicted octanol–water partition coefficient (Wildman–Crippen LogP) is 2.49. The maximum atomic E-state index is 13.4. The summed E-state index contributed by atoms with van der Waals surface area (Å²) in [6.07, 6.45) is 1.86. The Morgan fingerprint density at radius 3 is 2.88 bits per heavy atom. The average Bonchev–Trinajstić information content (AvgIpc) is 2.23. The van der Waals surface area contributed by atoms with Gasteiger partial charge in [-0.3, -0.25) is 4.79 Å². The zero-order chi connectivity index (χ0) is 12.1. The highest BCUT2D eigenvalue weighted by Gasteiger charge is 2.16. The highest BCUT2D eigenvalue weighted by Crippen LogP contribution is 2.20. The largest absolute Gasteiger partial charge is 0.321 e. The SMILES string of the molecule is C=CCC(N)C(=O)Cc1c(F)cccc1Cl. The number of benzene rings is 1. The molecule has 16 heavy (non-hydrogen) atoms. The number of nitrogens with two attached hydrogens (primary N) is 1. The molecule has 0 amide bonds. The van der Waals surface area contributed by atoms with Gasteiger partial charge in [-0.05, 0) is 18.6 Å². The van der Waals surface area contributed by atoms with E-state index < -0.39 is 11.9 Å². The van der Waals surface area contributed by atoms with Gasteiger partial charge in [0.25, 0.3) is 0 Å². The summed E-state index contributed by atoms with van der Waals surface area (Å²) in [6.45, 7) is 3.49. The monoisotopic (exact) mass is 241 g/mol. The van der Waals surface area contributed by atoms with Gasteiger partial charge in [-0.2, -0.15) is 0 Å². The molecule has 0 aliphatic carbocycles. The van der Waals surface area contributed by atoms with Gasteiger partial charge in [-0.15, -0.1) is 6.58 Å². The van der Waals surface area contributed by atoms with E-state index in [1.807, 2.05) is 0 Å². The zero-order valence-electron chi connectivity index (χ0n) is 8.75. The Morgan fingerprint density at radius 1 is 1.62 bits per heavy atom. The molecule has 0 bridgehead atoms. The van der Waals surface area contributed by atoms with Crippen molar-refractivity contribution in [2.75, 3.05) is 0 Å². The second-order valence-electron chi connectivity index (χ2n) is 3.47. The van der Waals surface area contributed by atoms with E-state index >= 15 is 0 Å². The van der Waals surface area contributed by atoms with E-state index in [1.165, 1.54) is 12.1 Å². The maximum absolute atomic E-state index is 13.4. The third-order valence-corrected chi connectivity index (χ3v) is 2.60. The van der Waals surface area contributed by atoms with Gasteiger partial charge in [0.1, 0.15) is 5.82 Å². The predicted molar refractivity (Wildman–Crippen MR) is 62.9 cm³/mol. The van der Waals surface area contributed by atoms with E-state index in [9.17, 15) is 9.18 Å². The minimum Gasteiger partial charge on any atom is -0.321 e. The van der Waals surface area contributed by atoms with Gasteiger partial charge in [0.2, 0.25) is 0 Å². The van der Waals surface area contributed by atoms with Gasteiger partial charge >= 0.3 is 0 Å². The molecular formula is C12H13ClFNO. The fourth-order valence-corrected chi connectivity index (χ4v) is 1.55. The number of rotatable bonds is 5. The lowest BCUT2D eigenvalue weighted by Gasteiger charge is -2.09. The van der Waals surface area contributed by atoms with Crippen LogP contribution in [-0.4, -0.2) is 11.8 Å². The molecule has 0 aliphatic rings. The summed E-state index contributed by atoms with van der Waals surface area (Å²) >= 11 is 5.80. The molecule has 0 radical (unpaired) electrons. The lowest BCUT2D eigenvalue weighted by molar-refractivity contribution is -0.119. The van der Waals surface area contributed by atoms with Gasteiger partial charge in [0.15, 0.2) is 5.78 Å². The number of ketones is 1. The first-order chi connectivity index (χ1) is 7.56. The first-order valence-electron chi connectivity index (χ1n) is 4.88. The molecule has 0 heterocycles. The van der Waals surface area contributed by atoms with Crippen molar-refractivity contribution in [2.24, 2.45) is 5.73 Å². The highest BCUT2D eigenvalue weighted by molar-refractivity contribution is 6.31. The van der Waals surface area contributed by atoms with E-state index in [1.54, 1.807) is 12.1 Å². The Morgan fingerprint density at radius 2 is 2.31 bits per heavy atom. The first-order valence-corrected chi connectivity index (χ1v) is 5.26. The maximum Gasteiger partial charge on any atom is 0.154 e. The number of halogens is 2. The summed E-state index contributed by atoms with van der Waals surface area (Å²) in [5, 5.41) is 0.249. The van der Waals surface area contributed by atoms with E-state index in [-0.39, 0.29) is 22.8 Å². The van der Waals surface area contributed by atoms with Crippen LogP contribution in [0.25, 0.3) is 0 Å². The second-order valence-corrected chi connectivity index (χ2v) is 3.88. The zero-order valence-corrected chi connectivity index (χ0v) is 9.51. The number of hydrogen-bond donors (Lipinski definition) is 1. The van der Waals surface area contributed by atoms with Gasteiger partial charge in [-0.25, -0.2) is 4.39 Å². The summed E-state index contributed by atoms with van der Waals surface area (Å²) in [5.41, 5.74) is 5.79. The van der Waals surface area contributed by atoms with Crippen LogP contribution in [0.15, 0.2) is 30.9 Å². The summed E-state index contributed by atoms with van der Waals surface area (Å²) in [6, 6.07) is 3.67. The topological polar surface area (TPSA) is 43.1 Å². The van der Waals surface area contributed by atoms with E-state index in [0.29, 0.717) is 6.42 Å². The quantitative estimate of drug-likeness (QED) is 0.805. The van der Waals surface area contributed by atoms with Gasteiger partial charge in [0.05, 0.1) is 6.04 Å². The van der Waals surface area contributed by atoms with Crippen molar-refractivity contribution in [1.29, 1.82) is 0 Å². The van der Waals surface area contributed by atoms with Crippen molar-refractivity contribution in [3.8, 4) is 0 Å². The highest BCUT2D eigenvalue weighted by atomic mass is 35.5. The van der Waals surface area contributed by atoms with Crippen molar-refractivity contribution in [2.45, 2.75) is 18.9 Å². The Kier molecular flexibility index (Phi) is 4.65. The molecule has 1 rings (SSSR count). The molecule has 1 aromatic rings. The van der Waals surface area contributed by atoms with Gasteiger partial charge in [0, 0.05) is 17.0 Å². The minimum absolute atomic E-state index is 0.0828. The lowest BCUT2D eigenvalue weighted by Crippen LogP contribution is -2.31. The van der Waals surface area contributed by atoms with E-state index in [2.05, 4.69) is 6.58 Å². The van der Waals surface area contributed by atoms with Crippen molar-refractivity contribution in [3.63, 3.8) is 0 Å². The Balaban J connectivity index is 2.80. The molecule has 0 saturated heterocycles. The number of carbonyl (C=O) groups excluding carboxylic acids is 1. The van der Waals surface area contributed by atoms with Crippen LogP contribution in [0.2, 0.25) is 5.02 Å². The Bertz CT molecular complexity index is 386. The van der Waals surface area contributed by atoms with Crippen LogP contribution >= 0.6 is 11.6 Å². The molecule has 1 unspecified atom stereocenters. The number of carbonyl (C=O) groups is 1. The molecule has 2 N–H and O–H groups in total. The molecule has 0 spiro atoms. The summed E-state index contributed by atoms with van der Waals surface area (Å²) in [7, 11) is 0. The number of Topliss-reactive ketones (excluding diaryl/α,β-unsaturated/α-hetero) is 1. The standard InChI is InChI=1S/C12H13ClFNO/c1-2-4-11(15)12(16)7-8-9(13)5-3-6-10(8)14/h2-3,5-6,11H,1,4,7,15H2. The van der Waals surface area contributed by atoms with Gasteiger partial charge in [-0.1, -0.05) is 23.7 Å². The van der Waals surface area contributed by atoms with Crippen LogP contribution in [-0.2, 0) is 11.2 Å². The summed E-state index contributed by atoms with van der Waals surface area (Å²) in [4.78, 5) is 11.6. The normalized spacial score (nSPS) is 12.2. The third kappa shape index (κ3) is 3.15.